The van der Waals surface area contributed by atoms with E-state index in [2.05, 4.69) is 15.6 Å². The lowest BCUT2D eigenvalue weighted by Crippen LogP contribution is -2.40. The standard InChI is InChI=1S/C20H26FN3O2.HI/c1-22-20(23-13-12-15-4-10-18(25-2)11-5-15)24-14-19(26-3)16-6-8-17(21)9-7-16;/h4-11,19H,12-14H2,1-3H3,(H2,22,23,24);1H. The SMILES string of the molecule is CN=C(NCCc1ccc(OC)cc1)NCC(OC)c1ccc(F)cc1.I. The number of nitrogens with zero attached hydrogens (tertiary/aromatic N) is 1. The molecule has 0 bridgehead atoms. The average molecular weight is 487 g/mol. The summed E-state index contributed by atoms with van der Waals surface area (Å²) in [7, 11) is 5.02. The fraction of sp³-hybridized carbons (Fsp3) is 0.350. The van der Waals surface area contributed by atoms with Crippen molar-refractivity contribution in [2.75, 3.05) is 34.4 Å². The number of ether oxygens (including phenoxy) is 2. The number of hydrogen-bond acceptors (Lipinski definition) is 3. The third kappa shape index (κ3) is 7.72. The van der Waals surface area contributed by atoms with Crippen molar-refractivity contribution in [1.82, 2.24) is 10.6 Å². The Morgan fingerprint density at radius 2 is 1.70 bits per heavy atom. The zero-order valence-electron chi connectivity index (χ0n) is 15.9. The van der Waals surface area contributed by atoms with Gasteiger partial charge in [-0.15, -0.1) is 24.0 Å². The van der Waals surface area contributed by atoms with Gasteiger partial charge in [-0.3, -0.25) is 4.99 Å². The van der Waals surface area contributed by atoms with Gasteiger partial charge < -0.3 is 20.1 Å². The van der Waals surface area contributed by atoms with Gasteiger partial charge in [-0.05, 0) is 41.8 Å². The molecular weight excluding hydrogens is 460 g/mol. The number of hydrogen-bond donors (Lipinski definition) is 2. The Labute approximate surface area is 177 Å². The van der Waals surface area contributed by atoms with E-state index in [-0.39, 0.29) is 35.9 Å². The number of nitrogens with one attached hydrogen (secondary N) is 2. The second kappa shape index (κ2) is 12.5. The maximum Gasteiger partial charge on any atom is 0.191 e. The van der Waals surface area contributed by atoms with Crippen LogP contribution in [0.2, 0.25) is 0 Å². The van der Waals surface area contributed by atoms with Crippen LogP contribution in [0.15, 0.2) is 53.5 Å². The molecule has 148 valence electrons. The van der Waals surface area contributed by atoms with Gasteiger partial charge in [0.15, 0.2) is 5.96 Å². The molecule has 0 fully saturated rings. The van der Waals surface area contributed by atoms with E-state index in [1.807, 2.05) is 24.3 Å². The molecule has 2 rings (SSSR count). The molecule has 2 aromatic carbocycles. The van der Waals surface area contributed by atoms with Gasteiger partial charge in [0.1, 0.15) is 11.6 Å². The van der Waals surface area contributed by atoms with Crippen molar-refractivity contribution in [2.45, 2.75) is 12.5 Å². The van der Waals surface area contributed by atoms with Gasteiger partial charge in [0.2, 0.25) is 0 Å². The molecule has 0 aliphatic carbocycles. The molecule has 5 nitrogen and oxygen atoms in total. The summed E-state index contributed by atoms with van der Waals surface area (Å²) < 4.78 is 23.7. The normalized spacial score (nSPS) is 12.1. The van der Waals surface area contributed by atoms with Gasteiger partial charge in [0.25, 0.3) is 0 Å². The summed E-state index contributed by atoms with van der Waals surface area (Å²) >= 11 is 0. The molecule has 2 N–H and O–H groups in total. The topological polar surface area (TPSA) is 54.9 Å². The first kappa shape index (κ1) is 23.2. The maximum atomic E-state index is 13.1. The van der Waals surface area contributed by atoms with Gasteiger partial charge in [-0.1, -0.05) is 24.3 Å². The fourth-order valence-electron chi connectivity index (χ4n) is 2.54. The minimum absolute atomic E-state index is 0. The van der Waals surface area contributed by atoms with Crippen molar-refractivity contribution in [2.24, 2.45) is 4.99 Å². The summed E-state index contributed by atoms with van der Waals surface area (Å²) in [5.41, 5.74) is 2.13. The van der Waals surface area contributed by atoms with Crippen molar-refractivity contribution >= 4 is 29.9 Å². The van der Waals surface area contributed by atoms with Crippen LogP contribution in [0.3, 0.4) is 0 Å². The lowest BCUT2D eigenvalue weighted by molar-refractivity contribution is 0.106. The summed E-state index contributed by atoms with van der Waals surface area (Å²) in [5.74, 6) is 1.29. The minimum Gasteiger partial charge on any atom is -0.497 e. The van der Waals surface area contributed by atoms with E-state index < -0.39 is 0 Å². The fourth-order valence-corrected chi connectivity index (χ4v) is 2.54. The summed E-state index contributed by atoms with van der Waals surface area (Å²) in [6.45, 7) is 1.28. The first-order valence-electron chi connectivity index (χ1n) is 8.52. The van der Waals surface area contributed by atoms with Gasteiger partial charge >= 0.3 is 0 Å². The Bertz CT molecular complexity index is 693. The molecule has 0 heterocycles. The molecule has 0 saturated carbocycles. The summed E-state index contributed by atoms with van der Waals surface area (Å²) in [6.07, 6.45) is 0.687. The Morgan fingerprint density at radius 3 is 2.26 bits per heavy atom. The lowest BCUT2D eigenvalue weighted by atomic mass is 10.1. The zero-order chi connectivity index (χ0) is 18.8. The second-order valence-electron chi connectivity index (χ2n) is 5.75. The highest BCUT2D eigenvalue weighted by molar-refractivity contribution is 14.0. The van der Waals surface area contributed by atoms with Gasteiger partial charge in [0.05, 0.1) is 13.2 Å². The Morgan fingerprint density at radius 1 is 1.04 bits per heavy atom. The highest BCUT2D eigenvalue weighted by Gasteiger charge is 2.11. The average Bonchev–Trinajstić information content (AvgIpc) is 2.68. The molecular formula is C20H27FIN3O2. The number of methoxy groups -OCH3 is 2. The first-order valence-corrected chi connectivity index (χ1v) is 8.52. The first-order chi connectivity index (χ1) is 12.7. The van der Waals surface area contributed by atoms with Crippen molar-refractivity contribution < 1.29 is 13.9 Å². The molecule has 0 saturated heterocycles. The number of aliphatic imine (C=N–C) groups is 1. The number of halogens is 2. The van der Waals surface area contributed by atoms with Gasteiger partial charge in [0, 0.05) is 27.2 Å². The van der Waals surface area contributed by atoms with E-state index in [4.69, 9.17) is 9.47 Å². The highest BCUT2D eigenvalue weighted by Crippen LogP contribution is 2.16. The molecule has 1 unspecified atom stereocenters. The van der Waals surface area contributed by atoms with Gasteiger partial charge in [-0.2, -0.15) is 0 Å². The van der Waals surface area contributed by atoms with Crippen LogP contribution in [0.5, 0.6) is 5.75 Å². The van der Waals surface area contributed by atoms with Crippen LogP contribution in [0, 0.1) is 5.82 Å². The van der Waals surface area contributed by atoms with Crippen molar-refractivity contribution in [3.63, 3.8) is 0 Å². The van der Waals surface area contributed by atoms with Crippen LogP contribution in [0.4, 0.5) is 4.39 Å². The van der Waals surface area contributed by atoms with Crippen LogP contribution in [-0.2, 0) is 11.2 Å². The van der Waals surface area contributed by atoms with E-state index in [1.54, 1.807) is 33.4 Å². The van der Waals surface area contributed by atoms with Crippen molar-refractivity contribution in [3.05, 3.63) is 65.5 Å². The van der Waals surface area contributed by atoms with E-state index in [9.17, 15) is 4.39 Å². The molecule has 0 aromatic heterocycles. The van der Waals surface area contributed by atoms with Crippen LogP contribution >= 0.6 is 24.0 Å². The maximum absolute atomic E-state index is 13.1. The van der Waals surface area contributed by atoms with E-state index in [0.29, 0.717) is 12.5 Å². The predicted octanol–water partition coefficient (Wildman–Crippen LogP) is 3.55. The molecule has 0 aliphatic rings. The molecule has 7 heteroatoms. The second-order valence-corrected chi connectivity index (χ2v) is 5.75. The molecule has 0 aliphatic heterocycles. The van der Waals surface area contributed by atoms with Crippen LogP contribution in [0.1, 0.15) is 17.2 Å². The summed E-state index contributed by atoms with van der Waals surface area (Å²) in [5, 5.41) is 6.52. The third-order valence-corrected chi connectivity index (χ3v) is 4.07. The van der Waals surface area contributed by atoms with Crippen LogP contribution < -0.4 is 15.4 Å². The third-order valence-electron chi connectivity index (χ3n) is 4.07. The van der Waals surface area contributed by atoms with E-state index >= 15 is 0 Å². The lowest BCUT2D eigenvalue weighted by Gasteiger charge is -2.19. The highest BCUT2D eigenvalue weighted by atomic mass is 127. The predicted molar refractivity (Wildman–Crippen MR) is 118 cm³/mol. The monoisotopic (exact) mass is 487 g/mol. The summed E-state index contributed by atoms with van der Waals surface area (Å²) in [4.78, 5) is 4.22. The Kier molecular flexibility index (Phi) is 10.7. The number of benzene rings is 2. The van der Waals surface area contributed by atoms with E-state index in [0.717, 1.165) is 24.3 Å². The van der Waals surface area contributed by atoms with Crippen molar-refractivity contribution in [3.8, 4) is 5.75 Å². The van der Waals surface area contributed by atoms with Gasteiger partial charge in [-0.25, -0.2) is 4.39 Å². The Balaban J connectivity index is 0.00000364. The molecule has 0 spiro atoms. The van der Waals surface area contributed by atoms with Crippen LogP contribution in [-0.4, -0.2) is 40.3 Å². The summed E-state index contributed by atoms with van der Waals surface area (Å²) in [6, 6.07) is 14.3. The zero-order valence-corrected chi connectivity index (χ0v) is 18.2. The molecule has 2 aromatic rings. The molecule has 27 heavy (non-hydrogen) atoms. The number of rotatable bonds is 8. The quantitative estimate of drug-likeness (QED) is 0.340. The molecule has 0 radical (unpaired) electrons. The number of guanidine groups is 1. The smallest absolute Gasteiger partial charge is 0.191 e. The van der Waals surface area contributed by atoms with Crippen LogP contribution in [0.25, 0.3) is 0 Å². The van der Waals surface area contributed by atoms with Crippen molar-refractivity contribution in [1.29, 1.82) is 0 Å². The minimum atomic E-state index is -0.257. The van der Waals surface area contributed by atoms with E-state index in [1.165, 1.54) is 17.7 Å². The molecule has 1 atom stereocenters. The molecule has 0 amide bonds. The largest absolute Gasteiger partial charge is 0.497 e. The Hall–Kier alpha value is -1.87.